The second-order valence-corrected chi connectivity index (χ2v) is 5.67. The zero-order valence-electron chi connectivity index (χ0n) is 13.5. The molecule has 0 fully saturated rings. The Bertz CT molecular complexity index is 1140. The van der Waals surface area contributed by atoms with Crippen molar-refractivity contribution in [1.82, 2.24) is 34.3 Å². The van der Waals surface area contributed by atoms with Crippen LogP contribution in [-0.4, -0.2) is 34.9 Å². The van der Waals surface area contributed by atoms with Crippen molar-refractivity contribution in [2.75, 3.05) is 0 Å². The van der Waals surface area contributed by atoms with Crippen molar-refractivity contribution in [3.63, 3.8) is 0 Å². The Kier molecular flexibility index (Phi) is 3.53. The molecule has 0 aliphatic heterocycles. The molecule has 0 spiro atoms. The smallest absolute Gasteiger partial charge is 0.281 e. The zero-order valence-corrected chi connectivity index (χ0v) is 13.5. The summed E-state index contributed by atoms with van der Waals surface area (Å²) < 4.78 is 4.78. The lowest BCUT2D eigenvalue weighted by molar-refractivity contribution is -0.121. The summed E-state index contributed by atoms with van der Waals surface area (Å²) in [4.78, 5) is 24.7. The summed E-state index contributed by atoms with van der Waals surface area (Å²) >= 11 is 0. The number of carbonyl (C=O) groups excluding carboxylic acids is 1. The molecule has 9 nitrogen and oxygen atoms in total. The molecule has 25 heavy (non-hydrogen) atoms. The van der Waals surface area contributed by atoms with E-state index in [2.05, 4.69) is 20.6 Å². The number of hydrogen-bond acceptors (Lipinski definition) is 5. The molecule has 0 saturated carbocycles. The molecule has 4 aromatic heterocycles. The molecule has 4 heterocycles. The van der Waals surface area contributed by atoms with Crippen LogP contribution in [0.1, 0.15) is 5.69 Å². The van der Waals surface area contributed by atoms with E-state index in [0.29, 0.717) is 17.7 Å². The highest BCUT2D eigenvalue weighted by atomic mass is 16.2. The van der Waals surface area contributed by atoms with E-state index in [4.69, 9.17) is 0 Å². The van der Waals surface area contributed by atoms with Crippen LogP contribution in [-0.2, 0) is 24.9 Å². The van der Waals surface area contributed by atoms with Crippen molar-refractivity contribution in [1.29, 1.82) is 0 Å². The molecule has 126 valence electrons. The highest BCUT2D eigenvalue weighted by Crippen LogP contribution is 2.07. The lowest BCUT2D eigenvalue weighted by atomic mass is 10.3. The first-order valence-electron chi connectivity index (χ1n) is 7.70. The van der Waals surface area contributed by atoms with E-state index in [1.54, 1.807) is 29.0 Å². The number of amides is 1. The van der Waals surface area contributed by atoms with Gasteiger partial charge < -0.3 is 14.5 Å². The Morgan fingerprint density at radius 2 is 2.08 bits per heavy atom. The van der Waals surface area contributed by atoms with E-state index >= 15 is 0 Å². The Labute approximate surface area is 141 Å². The van der Waals surface area contributed by atoms with Crippen LogP contribution in [0.2, 0.25) is 0 Å². The standard InChI is InChI=1S/C16H15N7O2/c1-21-7-2-3-11(21)9-17-14(24)10-22-8-5-12-15(16(22)25)20-19-13-4-6-18-23(12)13/h2-8H,9-10H2,1H3,(H,17,24). The molecule has 4 rings (SSSR count). The van der Waals surface area contributed by atoms with E-state index in [-0.39, 0.29) is 23.5 Å². The van der Waals surface area contributed by atoms with Gasteiger partial charge in [0.1, 0.15) is 12.1 Å². The van der Waals surface area contributed by atoms with Crippen LogP contribution >= 0.6 is 0 Å². The second kappa shape index (κ2) is 5.86. The Morgan fingerprint density at radius 1 is 1.20 bits per heavy atom. The number of pyridine rings is 1. The predicted molar refractivity (Wildman–Crippen MR) is 89.8 cm³/mol. The molecule has 0 radical (unpaired) electrons. The predicted octanol–water partition coefficient (Wildman–Crippen LogP) is 0.0941. The summed E-state index contributed by atoms with van der Waals surface area (Å²) in [5.74, 6) is -0.254. The van der Waals surface area contributed by atoms with Crippen LogP contribution in [0.5, 0.6) is 0 Å². The molecule has 9 heteroatoms. The fourth-order valence-electron chi connectivity index (χ4n) is 2.68. The number of aromatic nitrogens is 6. The number of nitrogens with zero attached hydrogens (tertiary/aromatic N) is 6. The van der Waals surface area contributed by atoms with E-state index < -0.39 is 0 Å². The third kappa shape index (κ3) is 2.65. The fourth-order valence-corrected chi connectivity index (χ4v) is 2.68. The van der Waals surface area contributed by atoms with Crippen LogP contribution in [0.25, 0.3) is 16.7 Å². The normalized spacial score (nSPS) is 11.2. The molecular formula is C16H15N7O2. The number of nitrogens with one attached hydrogen (secondary N) is 1. The van der Waals surface area contributed by atoms with Gasteiger partial charge in [-0.1, -0.05) is 0 Å². The van der Waals surface area contributed by atoms with Gasteiger partial charge in [0.25, 0.3) is 5.56 Å². The van der Waals surface area contributed by atoms with Crippen LogP contribution < -0.4 is 10.9 Å². The molecule has 0 saturated heterocycles. The third-order valence-electron chi connectivity index (χ3n) is 4.05. The Hall–Kier alpha value is -3.49. The van der Waals surface area contributed by atoms with Crippen LogP contribution in [0.3, 0.4) is 0 Å². The molecule has 4 aromatic rings. The summed E-state index contributed by atoms with van der Waals surface area (Å²) in [5.41, 5.74) is 1.89. The highest BCUT2D eigenvalue weighted by molar-refractivity contribution is 5.77. The minimum atomic E-state index is -0.378. The second-order valence-electron chi connectivity index (χ2n) is 5.67. The molecule has 0 atom stereocenters. The zero-order chi connectivity index (χ0) is 17.4. The molecule has 0 aliphatic carbocycles. The minimum Gasteiger partial charge on any atom is -0.353 e. The maximum atomic E-state index is 12.6. The van der Waals surface area contributed by atoms with Crippen LogP contribution in [0, 0.1) is 0 Å². The SMILES string of the molecule is Cn1cccc1CNC(=O)Cn1ccc2c(nnc3ccnn32)c1=O. The fraction of sp³-hybridized carbons (Fsp3) is 0.188. The average Bonchev–Trinajstić information content (AvgIpc) is 3.24. The largest absolute Gasteiger partial charge is 0.353 e. The number of carbonyl (C=O) groups is 1. The van der Waals surface area contributed by atoms with Gasteiger partial charge in [0, 0.05) is 31.2 Å². The molecule has 0 aliphatic rings. The quantitative estimate of drug-likeness (QED) is 0.569. The molecule has 0 bridgehead atoms. The van der Waals surface area contributed by atoms with Gasteiger partial charge in [0.2, 0.25) is 5.91 Å². The van der Waals surface area contributed by atoms with Gasteiger partial charge in [-0.05, 0) is 18.2 Å². The van der Waals surface area contributed by atoms with Gasteiger partial charge in [0.15, 0.2) is 11.2 Å². The Balaban J connectivity index is 1.58. The van der Waals surface area contributed by atoms with E-state index in [0.717, 1.165) is 5.69 Å². The van der Waals surface area contributed by atoms with Gasteiger partial charge in [-0.3, -0.25) is 9.59 Å². The number of hydrogen-bond donors (Lipinski definition) is 1. The first kappa shape index (κ1) is 15.1. The lowest BCUT2D eigenvalue weighted by Crippen LogP contribution is -2.32. The summed E-state index contributed by atoms with van der Waals surface area (Å²) in [7, 11) is 1.91. The van der Waals surface area contributed by atoms with Gasteiger partial charge in [-0.15, -0.1) is 10.2 Å². The van der Waals surface area contributed by atoms with E-state index in [9.17, 15) is 9.59 Å². The van der Waals surface area contributed by atoms with Crippen molar-refractivity contribution >= 4 is 22.6 Å². The minimum absolute atomic E-state index is 0.0853. The van der Waals surface area contributed by atoms with Crippen LogP contribution in [0.15, 0.2) is 47.7 Å². The molecule has 0 aromatic carbocycles. The van der Waals surface area contributed by atoms with Gasteiger partial charge in [-0.25, -0.2) is 4.52 Å². The molecule has 0 unspecified atom stereocenters. The van der Waals surface area contributed by atoms with Crippen LogP contribution in [0.4, 0.5) is 0 Å². The topological polar surface area (TPSA) is 99.1 Å². The van der Waals surface area contributed by atoms with E-state index in [1.807, 2.05) is 29.9 Å². The van der Waals surface area contributed by atoms with Gasteiger partial charge >= 0.3 is 0 Å². The third-order valence-corrected chi connectivity index (χ3v) is 4.05. The van der Waals surface area contributed by atoms with Crippen molar-refractivity contribution < 1.29 is 4.79 Å². The Morgan fingerprint density at radius 3 is 2.88 bits per heavy atom. The number of fused-ring (bicyclic) bond motifs is 3. The van der Waals surface area contributed by atoms with Crippen molar-refractivity contribution in [2.45, 2.75) is 13.1 Å². The summed E-state index contributed by atoms with van der Waals surface area (Å²) in [5, 5.41) is 14.9. The van der Waals surface area contributed by atoms with Crippen molar-refractivity contribution in [3.8, 4) is 0 Å². The first-order valence-corrected chi connectivity index (χ1v) is 7.70. The van der Waals surface area contributed by atoms with Gasteiger partial charge in [0.05, 0.1) is 12.7 Å². The summed E-state index contributed by atoms with van der Waals surface area (Å²) in [6, 6.07) is 7.24. The van der Waals surface area contributed by atoms with Crippen molar-refractivity contribution in [3.05, 3.63) is 58.9 Å². The maximum absolute atomic E-state index is 12.6. The summed E-state index contributed by atoms with van der Waals surface area (Å²) in [6.45, 7) is 0.316. The molecular weight excluding hydrogens is 322 g/mol. The van der Waals surface area contributed by atoms with E-state index in [1.165, 1.54) is 4.57 Å². The number of aryl methyl sites for hydroxylation is 1. The van der Waals surface area contributed by atoms with Crippen molar-refractivity contribution in [2.24, 2.45) is 7.05 Å². The molecule has 1 amide bonds. The lowest BCUT2D eigenvalue weighted by Gasteiger charge is -2.09. The number of rotatable bonds is 4. The first-order chi connectivity index (χ1) is 12.1. The monoisotopic (exact) mass is 337 g/mol. The molecule has 1 N–H and O–H groups in total. The average molecular weight is 337 g/mol. The maximum Gasteiger partial charge on any atom is 0.281 e. The highest BCUT2D eigenvalue weighted by Gasteiger charge is 2.11. The summed E-state index contributed by atoms with van der Waals surface area (Å²) in [6.07, 6.45) is 5.06. The van der Waals surface area contributed by atoms with Gasteiger partial charge in [-0.2, -0.15) is 5.10 Å².